The van der Waals surface area contributed by atoms with E-state index in [2.05, 4.69) is 20.5 Å². The van der Waals surface area contributed by atoms with Crippen LogP contribution in [0.25, 0.3) is 0 Å². The van der Waals surface area contributed by atoms with E-state index in [9.17, 15) is 4.79 Å². The molecule has 8 heteroatoms. The lowest BCUT2D eigenvalue weighted by atomic mass is 9.80. The van der Waals surface area contributed by atoms with Gasteiger partial charge in [-0.2, -0.15) is 0 Å². The minimum absolute atomic E-state index is 0.0101. The molecule has 0 aromatic heterocycles. The van der Waals surface area contributed by atoms with E-state index in [-0.39, 0.29) is 18.0 Å². The van der Waals surface area contributed by atoms with Crippen molar-refractivity contribution < 1.29 is 14.3 Å². The zero-order chi connectivity index (χ0) is 20.5. The predicted octanol–water partition coefficient (Wildman–Crippen LogP) is 0.681. The molecule has 0 spiro atoms. The second-order valence-electron chi connectivity index (χ2n) is 8.80. The Morgan fingerprint density at radius 3 is 2.52 bits per heavy atom. The number of nitrogens with zero attached hydrogens (tertiary/aromatic N) is 3. The fraction of sp³-hybridized carbons (Fsp3) is 0.905. The zero-order valence-corrected chi connectivity index (χ0v) is 18.3. The fourth-order valence-corrected chi connectivity index (χ4v) is 4.55. The van der Waals surface area contributed by atoms with Crippen molar-refractivity contribution in [1.29, 1.82) is 0 Å². The fourth-order valence-electron chi connectivity index (χ4n) is 4.55. The first-order chi connectivity index (χ1) is 14.1. The summed E-state index contributed by atoms with van der Waals surface area (Å²) in [6.45, 7) is 7.12. The van der Waals surface area contributed by atoms with Gasteiger partial charge in [0, 0.05) is 58.3 Å². The third-order valence-electron chi connectivity index (χ3n) is 6.50. The minimum atomic E-state index is 0.0101. The molecule has 2 aliphatic heterocycles. The van der Waals surface area contributed by atoms with Gasteiger partial charge in [-0.1, -0.05) is 19.3 Å². The van der Waals surface area contributed by atoms with Crippen molar-refractivity contribution in [3.8, 4) is 0 Å². The Morgan fingerprint density at radius 2 is 1.86 bits per heavy atom. The van der Waals surface area contributed by atoms with Crippen molar-refractivity contribution >= 4 is 11.9 Å². The highest BCUT2D eigenvalue weighted by molar-refractivity contribution is 5.84. The summed E-state index contributed by atoms with van der Waals surface area (Å²) in [4.78, 5) is 20.8. The molecule has 8 nitrogen and oxygen atoms in total. The van der Waals surface area contributed by atoms with Gasteiger partial charge in [-0.3, -0.25) is 9.69 Å². The normalized spacial score (nSPS) is 25.6. The first kappa shape index (κ1) is 22.3. The van der Waals surface area contributed by atoms with Crippen LogP contribution in [-0.4, -0.2) is 100 Å². The number of carbonyl (C=O) groups is 1. The Labute approximate surface area is 175 Å². The molecule has 0 bridgehead atoms. The summed E-state index contributed by atoms with van der Waals surface area (Å²) in [7, 11) is 3.54. The standard InChI is InChI=1S/C21H39N5O3/c1-25(2)19(27)15-23-20(22-14-18-6-11-29-16-18)24-17-21(7-4-3-5-8-21)26-9-12-28-13-10-26/h18H,3-17H2,1-2H3,(H2,22,23,24). The quantitative estimate of drug-likeness (QED) is 0.476. The van der Waals surface area contributed by atoms with Crippen molar-refractivity contribution in [1.82, 2.24) is 20.4 Å². The smallest absolute Gasteiger partial charge is 0.243 e. The number of carbonyl (C=O) groups excluding carboxylic acids is 1. The Bertz CT molecular complexity index is 536. The van der Waals surface area contributed by atoms with Crippen LogP contribution in [0, 0.1) is 5.92 Å². The summed E-state index contributed by atoms with van der Waals surface area (Å²) in [6.07, 6.45) is 7.37. The number of hydrogen-bond donors (Lipinski definition) is 2. The molecule has 1 saturated carbocycles. The summed E-state index contributed by atoms with van der Waals surface area (Å²) < 4.78 is 11.1. The van der Waals surface area contributed by atoms with Gasteiger partial charge in [0.2, 0.25) is 5.91 Å². The van der Waals surface area contributed by atoms with Gasteiger partial charge in [0.05, 0.1) is 19.8 Å². The number of hydrogen-bond acceptors (Lipinski definition) is 5. The SMILES string of the molecule is CN(C)C(=O)CN=C(NCC1CCOC1)NCC1(N2CCOCC2)CCCCC1. The van der Waals surface area contributed by atoms with Crippen molar-refractivity contribution in [3.63, 3.8) is 0 Å². The van der Waals surface area contributed by atoms with Gasteiger partial charge in [-0.25, -0.2) is 4.99 Å². The van der Waals surface area contributed by atoms with Crippen LogP contribution in [0.15, 0.2) is 4.99 Å². The van der Waals surface area contributed by atoms with Gasteiger partial charge in [0.25, 0.3) is 0 Å². The Morgan fingerprint density at radius 1 is 1.10 bits per heavy atom. The number of nitrogens with one attached hydrogen (secondary N) is 2. The summed E-state index contributed by atoms with van der Waals surface area (Å²) in [5.41, 5.74) is 0.159. The van der Waals surface area contributed by atoms with E-state index in [4.69, 9.17) is 9.47 Å². The molecule has 0 radical (unpaired) electrons. The molecule has 1 atom stereocenters. The maximum absolute atomic E-state index is 12.0. The molecule has 166 valence electrons. The molecule has 1 aliphatic carbocycles. The van der Waals surface area contributed by atoms with Crippen LogP contribution in [0.3, 0.4) is 0 Å². The van der Waals surface area contributed by atoms with E-state index in [1.165, 1.54) is 32.1 Å². The lowest BCUT2D eigenvalue weighted by molar-refractivity contribution is -0.127. The van der Waals surface area contributed by atoms with Gasteiger partial charge in [-0.15, -0.1) is 0 Å². The van der Waals surface area contributed by atoms with Crippen molar-refractivity contribution in [3.05, 3.63) is 0 Å². The third kappa shape index (κ3) is 6.55. The highest BCUT2D eigenvalue weighted by atomic mass is 16.5. The maximum atomic E-state index is 12.0. The number of rotatable bonds is 7. The highest BCUT2D eigenvalue weighted by Crippen LogP contribution is 2.33. The molecule has 2 saturated heterocycles. The Balaban J connectivity index is 1.63. The number of guanidine groups is 1. The highest BCUT2D eigenvalue weighted by Gasteiger charge is 2.38. The molecule has 3 fully saturated rings. The molecule has 1 amide bonds. The van der Waals surface area contributed by atoms with E-state index in [1.807, 2.05) is 0 Å². The summed E-state index contributed by atoms with van der Waals surface area (Å²) in [5, 5.41) is 7.05. The second-order valence-corrected chi connectivity index (χ2v) is 8.80. The first-order valence-corrected chi connectivity index (χ1v) is 11.2. The van der Waals surface area contributed by atoms with E-state index < -0.39 is 0 Å². The Kier molecular flexibility index (Phi) is 8.56. The van der Waals surface area contributed by atoms with Gasteiger partial charge >= 0.3 is 0 Å². The number of amides is 1. The zero-order valence-electron chi connectivity index (χ0n) is 18.3. The summed E-state index contributed by atoms with van der Waals surface area (Å²) in [5.74, 6) is 1.26. The maximum Gasteiger partial charge on any atom is 0.243 e. The lowest BCUT2D eigenvalue weighted by Gasteiger charge is -2.48. The number of likely N-dealkylation sites (N-methyl/N-ethyl adjacent to an activating group) is 1. The van der Waals surface area contributed by atoms with Crippen LogP contribution < -0.4 is 10.6 Å². The summed E-state index contributed by atoms with van der Waals surface area (Å²) in [6, 6.07) is 0. The molecule has 1 unspecified atom stereocenters. The van der Waals surface area contributed by atoms with Gasteiger partial charge in [-0.05, 0) is 19.3 Å². The third-order valence-corrected chi connectivity index (χ3v) is 6.50. The molecule has 3 rings (SSSR count). The van der Waals surface area contributed by atoms with Crippen LogP contribution in [-0.2, 0) is 14.3 Å². The Hall–Kier alpha value is -1.38. The second kappa shape index (κ2) is 11.1. The van der Waals surface area contributed by atoms with Gasteiger partial charge in [0.15, 0.2) is 5.96 Å². The van der Waals surface area contributed by atoms with Crippen molar-refractivity contribution in [2.45, 2.75) is 44.1 Å². The first-order valence-electron chi connectivity index (χ1n) is 11.2. The van der Waals surface area contributed by atoms with Gasteiger partial charge in [0.1, 0.15) is 6.54 Å². The van der Waals surface area contributed by atoms with Crippen LogP contribution in [0.2, 0.25) is 0 Å². The van der Waals surface area contributed by atoms with E-state index >= 15 is 0 Å². The average Bonchev–Trinajstić information content (AvgIpc) is 3.28. The average molecular weight is 410 g/mol. The summed E-state index contributed by atoms with van der Waals surface area (Å²) >= 11 is 0. The lowest BCUT2D eigenvalue weighted by Crippen LogP contribution is -2.60. The van der Waals surface area contributed by atoms with Crippen molar-refractivity contribution in [2.75, 3.05) is 73.2 Å². The minimum Gasteiger partial charge on any atom is -0.381 e. The number of morpholine rings is 1. The molecular weight excluding hydrogens is 370 g/mol. The van der Waals surface area contributed by atoms with Crippen LogP contribution >= 0.6 is 0 Å². The topological polar surface area (TPSA) is 78.4 Å². The van der Waals surface area contributed by atoms with Crippen LogP contribution in [0.5, 0.6) is 0 Å². The van der Waals surface area contributed by atoms with E-state index in [0.29, 0.717) is 5.92 Å². The predicted molar refractivity (Wildman–Crippen MR) is 114 cm³/mol. The van der Waals surface area contributed by atoms with Crippen LogP contribution in [0.4, 0.5) is 0 Å². The molecule has 0 aromatic rings. The largest absolute Gasteiger partial charge is 0.381 e. The van der Waals surface area contributed by atoms with Gasteiger partial charge < -0.3 is 25.0 Å². The monoisotopic (exact) mass is 409 g/mol. The number of ether oxygens (including phenoxy) is 2. The van der Waals surface area contributed by atoms with Crippen LogP contribution in [0.1, 0.15) is 38.5 Å². The van der Waals surface area contributed by atoms with E-state index in [0.717, 1.165) is 65.0 Å². The van der Waals surface area contributed by atoms with Crippen molar-refractivity contribution in [2.24, 2.45) is 10.9 Å². The number of aliphatic imine (C=N–C) groups is 1. The molecule has 0 aromatic carbocycles. The molecule has 29 heavy (non-hydrogen) atoms. The van der Waals surface area contributed by atoms with E-state index in [1.54, 1.807) is 19.0 Å². The molecule has 2 N–H and O–H groups in total. The molecular formula is C21H39N5O3. The molecule has 2 heterocycles. The molecule has 3 aliphatic rings.